The molecule has 3 N–H and O–H groups in total. The average Bonchev–Trinajstić information content (AvgIpc) is 3.12. The number of hydrogen-bond donors (Lipinski definition) is 3. The van der Waals surface area contributed by atoms with Gasteiger partial charge < -0.3 is 16.0 Å². The molecule has 1 fully saturated rings. The second-order valence-electron chi connectivity index (χ2n) is 4.45. The summed E-state index contributed by atoms with van der Waals surface area (Å²) in [4.78, 5) is 22.5. The molecule has 1 rings (SSSR count). The molecule has 0 aromatic carbocycles. The highest BCUT2D eigenvalue weighted by molar-refractivity contribution is 5.80. The Labute approximate surface area is 103 Å². The van der Waals surface area contributed by atoms with Crippen LogP contribution in [0.2, 0.25) is 0 Å². The number of carbonyl (C=O) groups excluding carboxylic acids is 2. The number of hydrogen-bond acceptors (Lipinski definition) is 3. The van der Waals surface area contributed by atoms with Gasteiger partial charge in [0.2, 0.25) is 11.8 Å². The Kier molecular flexibility index (Phi) is 6.62. The molecule has 0 radical (unpaired) electrons. The van der Waals surface area contributed by atoms with E-state index in [0.717, 1.165) is 32.2 Å². The summed E-state index contributed by atoms with van der Waals surface area (Å²) in [5.41, 5.74) is 0. The highest BCUT2D eigenvalue weighted by Crippen LogP contribution is 2.28. The lowest BCUT2D eigenvalue weighted by Crippen LogP contribution is -2.38. The van der Waals surface area contributed by atoms with Crippen LogP contribution in [-0.4, -0.2) is 38.0 Å². The monoisotopic (exact) mass is 241 g/mol. The highest BCUT2D eigenvalue weighted by Gasteiger charge is 2.28. The molecule has 0 aliphatic heterocycles. The fourth-order valence-corrected chi connectivity index (χ4v) is 1.43. The molecule has 98 valence electrons. The minimum absolute atomic E-state index is 0.0203. The van der Waals surface area contributed by atoms with E-state index in [4.69, 9.17) is 0 Å². The fraction of sp³-hybridized carbons (Fsp3) is 0.833. The Morgan fingerprint density at radius 2 is 1.88 bits per heavy atom. The Balaban J connectivity index is 1.85. The van der Waals surface area contributed by atoms with Gasteiger partial charge in [-0.2, -0.15) is 0 Å². The van der Waals surface area contributed by atoms with Crippen molar-refractivity contribution in [3.63, 3.8) is 0 Å². The van der Waals surface area contributed by atoms with Crippen LogP contribution in [0.4, 0.5) is 0 Å². The van der Waals surface area contributed by atoms with E-state index in [1.165, 1.54) is 0 Å². The molecule has 17 heavy (non-hydrogen) atoms. The first-order valence-electron chi connectivity index (χ1n) is 6.49. The van der Waals surface area contributed by atoms with E-state index in [1.54, 1.807) is 0 Å². The second-order valence-corrected chi connectivity index (χ2v) is 4.45. The summed E-state index contributed by atoms with van der Waals surface area (Å²) in [5.74, 6) is 0.429. The van der Waals surface area contributed by atoms with Crippen molar-refractivity contribution in [2.75, 3.05) is 26.2 Å². The van der Waals surface area contributed by atoms with Gasteiger partial charge in [0.05, 0.1) is 6.54 Å². The first-order chi connectivity index (χ1) is 8.24. The van der Waals surface area contributed by atoms with Crippen LogP contribution in [0.3, 0.4) is 0 Å². The minimum Gasteiger partial charge on any atom is -0.355 e. The standard InChI is InChI=1S/C12H23N3O2/c1-2-3-6-14-11(16)9-13-7-8-15-12(17)10-4-5-10/h10,13H,2-9H2,1H3,(H,14,16)(H,15,17). The molecule has 0 spiro atoms. The number of unbranched alkanes of at least 4 members (excludes halogenated alkanes) is 1. The molecule has 0 aromatic rings. The molecule has 2 amide bonds. The van der Waals surface area contributed by atoms with Crippen LogP contribution in [-0.2, 0) is 9.59 Å². The van der Waals surface area contributed by atoms with Gasteiger partial charge in [-0.15, -0.1) is 0 Å². The molecular formula is C12H23N3O2. The van der Waals surface area contributed by atoms with Crippen molar-refractivity contribution in [1.29, 1.82) is 0 Å². The van der Waals surface area contributed by atoms with E-state index in [9.17, 15) is 9.59 Å². The third-order valence-electron chi connectivity index (χ3n) is 2.69. The van der Waals surface area contributed by atoms with Crippen molar-refractivity contribution in [2.45, 2.75) is 32.6 Å². The van der Waals surface area contributed by atoms with Crippen molar-refractivity contribution >= 4 is 11.8 Å². The van der Waals surface area contributed by atoms with Crippen molar-refractivity contribution < 1.29 is 9.59 Å². The largest absolute Gasteiger partial charge is 0.355 e. The molecule has 0 bridgehead atoms. The Bertz CT molecular complexity index is 252. The summed E-state index contributed by atoms with van der Waals surface area (Å²) in [5, 5.41) is 8.66. The second kappa shape index (κ2) is 8.06. The number of nitrogens with one attached hydrogen (secondary N) is 3. The van der Waals surface area contributed by atoms with Crippen LogP contribution in [0.25, 0.3) is 0 Å². The van der Waals surface area contributed by atoms with Gasteiger partial charge in [0.15, 0.2) is 0 Å². The lowest BCUT2D eigenvalue weighted by Gasteiger charge is -2.07. The smallest absolute Gasteiger partial charge is 0.233 e. The molecule has 0 aromatic heterocycles. The molecule has 1 aliphatic rings. The minimum atomic E-state index is 0.0203. The zero-order valence-electron chi connectivity index (χ0n) is 10.6. The van der Waals surface area contributed by atoms with Crippen LogP contribution in [0.1, 0.15) is 32.6 Å². The van der Waals surface area contributed by atoms with E-state index in [2.05, 4.69) is 22.9 Å². The quantitative estimate of drug-likeness (QED) is 0.498. The topological polar surface area (TPSA) is 70.2 Å². The molecule has 1 saturated carbocycles. The van der Waals surface area contributed by atoms with Crippen molar-refractivity contribution in [1.82, 2.24) is 16.0 Å². The molecule has 5 heteroatoms. The molecule has 0 heterocycles. The van der Waals surface area contributed by atoms with Crippen LogP contribution < -0.4 is 16.0 Å². The first kappa shape index (κ1) is 14.0. The molecule has 1 aliphatic carbocycles. The Morgan fingerprint density at radius 3 is 2.53 bits per heavy atom. The number of amides is 2. The fourth-order valence-electron chi connectivity index (χ4n) is 1.43. The SMILES string of the molecule is CCCCNC(=O)CNCCNC(=O)C1CC1. The van der Waals surface area contributed by atoms with Gasteiger partial charge in [-0.05, 0) is 19.3 Å². The summed E-state index contributed by atoms with van der Waals surface area (Å²) in [6.45, 7) is 4.39. The van der Waals surface area contributed by atoms with Crippen molar-refractivity contribution in [3.8, 4) is 0 Å². The maximum absolute atomic E-state index is 11.3. The van der Waals surface area contributed by atoms with Gasteiger partial charge in [0.25, 0.3) is 0 Å². The third kappa shape index (κ3) is 6.94. The Morgan fingerprint density at radius 1 is 1.12 bits per heavy atom. The van der Waals surface area contributed by atoms with Gasteiger partial charge >= 0.3 is 0 Å². The van der Waals surface area contributed by atoms with Gasteiger partial charge in [0.1, 0.15) is 0 Å². The van der Waals surface area contributed by atoms with Crippen molar-refractivity contribution in [2.24, 2.45) is 5.92 Å². The van der Waals surface area contributed by atoms with E-state index < -0.39 is 0 Å². The zero-order valence-corrected chi connectivity index (χ0v) is 10.6. The first-order valence-corrected chi connectivity index (χ1v) is 6.49. The summed E-state index contributed by atoms with van der Waals surface area (Å²) < 4.78 is 0. The van der Waals surface area contributed by atoms with Gasteiger partial charge in [-0.1, -0.05) is 13.3 Å². The van der Waals surface area contributed by atoms with Gasteiger partial charge in [0, 0.05) is 25.6 Å². The molecule has 0 atom stereocenters. The summed E-state index contributed by atoms with van der Waals surface area (Å²) in [7, 11) is 0. The predicted octanol–water partition coefficient (Wildman–Crippen LogP) is 0.0185. The highest BCUT2D eigenvalue weighted by atomic mass is 16.2. The summed E-state index contributed by atoms with van der Waals surface area (Å²) >= 11 is 0. The molecular weight excluding hydrogens is 218 g/mol. The predicted molar refractivity (Wildman–Crippen MR) is 66.5 cm³/mol. The van der Waals surface area contributed by atoms with Crippen molar-refractivity contribution in [3.05, 3.63) is 0 Å². The molecule has 0 unspecified atom stereocenters. The van der Waals surface area contributed by atoms with Crippen LogP contribution in [0.5, 0.6) is 0 Å². The average molecular weight is 241 g/mol. The van der Waals surface area contributed by atoms with Crippen LogP contribution >= 0.6 is 0 Å². The summed E-state index contributed by atoms with van der Waals surface area (Å²) in [6, 6.07) is 0. The molecule has 5 nitrogen and oxygen atoms in total. The lowest BCUT2D eigenvalue weighted by atomic mass is 10.3. The summed E-state index contributed by atoms with van der Waals surface area (Å²) in [6.07, 6.45) is 4.16. The van der Waals surface area contributed by atoms with Gasteiger partial charge in [-0.25, -0.2) is 0 Å². The number of carbonyl (C=O) groups is 2. The molecule has 0 saturated heterocycles. The van der Waals surface area contributed by atoms with E-state index in [1.807, 2.05) is 0 Å². The third-order valence-corrected chi connectivity index (χ3v) is 2.69. The normalized spacial score (nSPS) is 14.4. The zero-order chi connectivity index (χ0) is 12.5. The van der Waals surface area contributed by atoms with E-state index >= 15 is 0 Å². The van der Waals surface area contributed by atoms with Gasteiger partial charge in [-0.3, -0.25) is 9.59 Å². The number of rotatable bonds is 9. The van der Waals surface area contributed by atoms with Crippen LogP contribution in [0, 0.1) is 5.92 Å². The maximum Gasteiger partial charge on any atom is 0.233 e. The lowest BCUT2D eigenvalue weighted by molar-refractivity contribution is -0.122. The van der Waals surface area contributed by atoms with Crippen LogP contribution in [0.15, 0.2) is 0 Å². The van der Waals surface area contributed by atoms with E-state index in [0.29, 0.717) is 19.6 Å². The Hall–Kier alpha value is -1.10. The maximum atomic E-state index is 11.3. The van der Waals surface area contributed by atoms with E-state index in [-0.39, 0.29) is 17.7 Å².